The second-order valence-electron chi connectivity index (χ2n) is 6.89. The van der Waals surface area contributed by atoms with Gasteiger partial charge in [0.25, 0.3) is 5.91 Å². The Balaban J connectivity index is 1.40. The highest BCUT2D eigenvalue weighted by atomic mass is 19.1. The first-order valence-electron chi connectivity index (χ1n) is 9.33. The Labute approximate surface area is 167 Å². The Morgan fingerprint density at radius 2 is 1.66 bits per heavy atom. The van der Waals surface area contributed by atoms with Gasteiger partial charge in [0.1, 0.15) is 18.5 Å². The van der Waals surface area contributed by atoms with E-state index in [1.807, 2.05) is 17.0 Å². The molecule has 148 valence electrons. The second kappa shape index (κ2) is 7.83. The molecule has 8 heteroatoms. The summed E-state index contributed by atoms with van der Waals surface area (Å²) in [5.74, 6) is -0.635. The summed E-state index contributed by atoms with van der Waals surface area (Å²) in [4.78, 5) is 31.8. The lowest BCUT2D eigenvalue weighted by atomic mass is 10.1. The van der Waals surface area contributed by atoms with E-state index in [2.05, 4.69) is 10.1 Å². The summed E-state index contributed by atoms with van der Waals surface area (Å²) in [6.45, 7) is 3.46. The molecule has 1 fully saturated rings. The molecule has 0 unspecified atom stereocenters. The van der Waals surface area contributed by atoms with Crippen LogP contribution in [0.25, 0.3) is 5.69 Å². The summed E-state index contributed by atoms with van der Waals surface area (Å²) in [5, 5.41) is 4.07. The third kappa shape index (κ3) is 3.87. The Morgan fingerprint density at radius 3 is 2.24 bits per heavy atom. The molecule has 0 atom stereocenters. The van der Waals surface area contributed by atoms with Crippen molar-refractivity contribution >= 4 is 17.4 Å². The van der Waals surface area contributed by atoms with Crippen LogP contribution in [0.5, 0.6) is 0 Å². The van der Waals surface area contributed by atoms with Gasteiger partial charge in [-0.05, 0) is 49.4 Å². The number of hydrogen-bond donors (Lipinski definition) is 0. The van der Waals surface area contributed by atoms with Gasteiger partial charge in [0, 0.05) is 37.3 Å². The van der Waals surface area contributed by atoms with Crippen molar-refractivity contribution in [1.82, 2.24) is 19.7 Å². The summed E-state index contributed by atoms with van der Waals surface area (Å²) in [6.07, 6.45) is 3.05. The third-order valence-electron chi connectivity index (χ3n) is 5.06. The van der Waals surface area contributed by atoms with Gasteiger partial charge in [-0.25, -0.2) is 14.1 Å². The topological polar surface area (TPSA) is 71.3 Å². The van der Waals surface area contributed by atoms with Crippen molar-refractivity contribution in [2.75, 3.05) is 31.1 Å². The molecule has 29 heavy (non-hydrogen) atoms. The van der Waals surface area contributed by atoms with Gasteiger partial charge >= 0.3 is 0 Å². The zero-order chi connectivity index (χ0) is 20.4. The van der Waals surface area contributed by atoms with Gasteiger partial charge in [0.2, 0.25) is 0 Å². The molecule has 1 aliphatic rings. The molecule has 0 radical (unpaired) electrons. The van der Waals surface area contributed by atoms with Crippen molar-refractivity contribution in [3.05, 3.63) is 72.1 Å². The molecule has 0 bridgehead atoms. The standard InChI is InChI=1S/C21H20FN5O2/c1-15(28)17-4-7-20(19(22)12-17)25-8-10-26(11-9-25)21(29)16-2-5-18(6-3-16)27-14-23-13-24-27/h2-7,12-14H,8-11H2,1H3. The van der Waals surface area contributed by atoms with Gasteiger partial charge in [0.05, 0.1) is 11.4 Å². The number of piperazine rings is 1. The van der Waals surface area contributed by atoms with Crippen molar-refractivity contribution in [2.45, 2.75) is 6.92 Å². The first-order valence-corrected chi connectivity index (χ1v) is 9.33. The Hall–Kier alpha value is -3.55. The molecule has 0 saturated carbocycles. The molecule has 1 amide bonds. The smallest absolute Gasteiger partial charge is 0.253 e. The molecule has 7 nitrogen and oxygen atoms in total. The third-order valence-corrected chi connectivity index (χ3v) is 5.06. The fraction of sp³-hybridized carbons (Fsp3) is 0.238. The number of aromatic nitrogens is 3. The van der Waals surface area contributed by atoms with E-state index in [1.165, 1.54) is 19.3 Å². The number of ketones is 1. The number of anilines is 1. The number of benzene rings is 2. The van der Waals surface area contributed by atoms with Crippen LogP contribution in [0.15, 0.2) is 55.1 Å². The van der Waals surface area contributed by atoms with Gasteiger partial charge in [-0.15, -0.1) is 0 Å². The van der Waals surface area contributed by atoms with E-state index in [0.29, 0.717) is 43.0 Å². The van der Waals surface area contributed by atoms with Crippen LogP contribution in [-0.4, -0.2) is 57.5 Å². The van der Waals surface area contributed by atoms with Crippen LogP contribution in [0, 0.1) is 5.82 Å². The SMILES string of the molecule is CC(=O)c1ccc(N2CCN(C(=O)c3ccc(-n4cncn4)cc3)CC2)c(F)c1. The second-order valence-corrected chi connectivity index (χ2v) is 6.89. The number of Topliss-reactive ketones (excluding diaryl/α,β-unsaturated/α-hetero) is 1. The van der Waals surface area contributed by atoms with E-state index in [0.717, 1.165) is 5.69 Å². The fourth-order valence-corrected chi connectivity index (χ4v) is 3.41. The first-order chi connectivity index (χ1) is 14.0. The Morgan fingerprint density at radius 1 is 0.966 bits per heavy atom. The van der Waals surface area contributed by atoms with E-state index < -0.39 is 5.82 Å². The summed E-state index contributed by atoms with van der Waals surface area (Å²) in [7, 11) is 0. The highest BCUT2D eigenvalue weighted by molar-refractivity contribution is 5.95. The van der Waals surface area contributed by atoms with Crippen LogP contribution in [0.1, 0.15) is 27.6 Å². The lowest BCUT2D eigenvalue weighted by molar-refractivity contribution is 0.0746. The molecule has 1 saturated heterocycles. The number of rotatable bonds is 4. The van der Waals surface area contributed by atoms with Gasteiger partial charge in [-0.3, -0.25) is 9.59 Å². The Kier molecular flexibility index (Phi) is 5.07. The summed E-state index contributed by atoms with van der Waals surface area (Å²) < 4.78 is 16.0. The molecular formula is C21H20FN5O2. The maximum Gasteiger partial charge on any atom is 0.253 e. The molecule has 4 rings (SSSR count). The quantitative estimate of drug-likeness (QED) is 0.637. The van der Waals surface area contributed by atoms with Crippen molar-refractivity contribution in [1.29, 1.82) is 0 Å². The van der Waals surface area contributed by atoms with E-state index >= 15 is 0 Å². The minimum absolute atomic E-state index is 0.0535. The minimum Gasteiger partial charge on any atom is -0.366 e. The van der Waals surface area contributed by atoms with Crippen molar-refractivity contribution < 1.29 is 14.0 Å². The van der Waals surface area contributed by atoms with Crippen LogP contribution in [0.2, 0.25) is 0 Å². The predicted molar refractivity (Wildman–Crippen MR) is 106 cm³/mol. The van der Waals surface area contributed by atoms with Gasteiger partial charge < -0.3 is 9.80 Å². The van der Waals surface area contributed by atoms with E-state index in [9.17, 15) is 14.0 Å². The van der Waals surface area contributed by atoms with Crippen LogP contribution < -0.4 is 4.90 Å². The number of amides is 1. The van der Waals surface area contributed by atoms with Crippen LogP contribution in [-0.2, 0) is 0 Å². The molecule has 0 spiro atoms. The average Bonchev–Trinajstić information content (AvgIpc) is 3.28. The summed E-state index contributed by atoms with van der Waals surface area (Å²) in [6, 6.07) is 11.7. The molecular weight excluding hydrogens is 373 g/mol. The number of halogens is 1. The Bertz CT molecular complexity index is 1030. The molecule has 1 aromatic heterocycles. The van der Waals surface area contributed by atoms with Gasteiger partial charge in [-0.2, -0.15) is 5.10 Å². The molecule has 1 aliphatic heterocycles. The van der Waals surface area contributed by atoms with Gasteiger partial charge in [0.15, 0.2) is 5.78 Å². The van der Waals surface area contributed by atoms with Crippen LogP contribution in [0.4, 0.5) is 10.1 Å². The average molecular weight is 393 g/mol. The lowest BCUT2D eigenvalue weighted by Gasteiger charge is -2.36. The molecule has 0 aliphatic carbocycles. The molecule has 3 aromatic rings. The number of carbonyl (C=O) groups excluding carboxylic acids is 2. The first kappa shape index (κ1) is 18.8. The lowest BCUT2D eigenvalue weighted by Crippen LogP contribution is -2.49. The monoisotopic (exact) mass is 393 g/mol. The van der Waals surface area contributed by atoms with Crippen molar-refractivity contribution in [2.24, 2.45) is 0 Å². The molecule has 2 heterocycles. The number of hydrogen-bond acceptors (Lipinski definition) is 5. The maximum atomic E-state index is 14.4. The van der Waals surface area contributed by atoms with Crippen molar-refractivity contribution in [3.8, 4) is 5.69 Å². The minimum atomic E-state index is -0.416. The van der Waals surface area contributed by atoms with Crippen molar-refractivity contribution in [3.63, 3.8) is 0 Å². The van der Waals surface area contributed by atoms with E-state index in [1.54, 1.807) is 40.2 Å². The van der Waals surface area contributed by atoms with Crippen LogP contribution in [0.3, 0.4) is 0 Å². The number of nitrogens with zero attached hydrogens (tertiary/aromatic N) is 5. The van der Waals surface area contributed by atoms with Crippen LogP contribution >= 0.6 is 0 Å². The van der Waals surface area contributed by atoms with E-state index in [4.69, 9.17) is 0 Å². The highest BCUT2D eigenvalue weighted by Gasteiger charge is 2.24. The summed E-state index contributed by atoms with van der Waals surface area (Å²) in [5.41, 5.74) is 2.24. The largest absolute Gasteiger partial charge is 0.366 e. The normalized spacial score (nSPS) is 14.1. The zero-order valence-corrected chi connectivity index (χ0v) is 16.0. The maximum absolute atomic E-state index is 14.4. The highest BCUT2D eigenvalue weighted by Crippen LogP contribution is 2.23. The fourth-order valence-electron chi connectivity index (χ4n) is 3.41. The predicted octanol–water partition coefficient (Wildman–Crippen LogP) is 2.57. The van der Waals surface area contributed by atoms with E-state index in [-0.39, 0.29) is 11.7 Å². The molecule has 0 N–H and O–H groups in total. The van der Waals surface area contributed by atoms with Gasteiger partial charge in [-0.1, -0.05) is 0 Å². The zero-order valence-electron chi connectivity index (χ0n) is 16.0. The molecule has 2 aromatic carbocycles. The summed E-state index contributed by atoms with van der Waals surface area (Å²) >= 11 is 0. The number of carbonyl (C=O) groups is 2.